The Balaban J connectivity index is 1.64. The first-order valence-electron chi connectivity index (χ1n) is 8.28. The summed E-state index contributed by atoms with van der Waals surface area (Å²) in [5, 5.41) is 8.42. The minimum absolute atomic E-state index is 0.182. The lowest BCUT2D eigenvalue weighted by Gasteiger charge is -2.17. The molecule has 5 nitrogen and oxygen atoms in total. The summed E-state index contributed by atoms with van der Waals surface area (Å²) in [6, 6.07) is 13.6. The van der Waals surface area contributed by atoms with Crippen LogP contribution in [0.5, 0.6) is 0 Å². The minimum atomic E-state index is -0.389. The molecule has 2 aromatic carbocycles. The lowest BCUT2D eigenvalue weighted by molar-refractivity contribution is -0.121. The maximum absolute atomic E-state index is 12.3. The van der Waals surface area contributed by atoms with Crippen LogP contribution in [-0.4, -0.2) is 23.1 Å². The molecule has 0 saturated heterocycles. The Bertz CT molecular complexity index is 906. The molecule has 3 aromatic rings. The zero-order valence-corrected chi connectivity index (χ0v) is 14.6. The van der Waals surface area contributed by atoms with Crippen LogP contribution in [0.3, 0.4) is 0 Å². The standard InChI is InChI=1S/C20H22N4O/c1-13-7-6-8-14(2)19(13)23-15(3)20(25)24-22-12-16-11-21-18-10-5-4-9-17(16)18/h4-12,15,21,23H,1-3H3,(H,24,25)/b22-12-/t15-/m1/s1. The first kappa shape index (κ1) is 16.8. The molecule has 1 atom stereocenters. The zero-order valence-electron chi connectivity index (χ0n) is 14.6. The summed E-state index contributed by atoms with van der Waals surface area (Å²) >= 11 is 0. The number of fused-ring (bicyclic) bond motifs is 1. The highest BCUT2D eigenvalue weighted by atomic mass is 16.2. The largest absolute Gasteiger partial charge is 0.373 e. The fourth-order valence-electron chi connectivity index (χ4n) is 2.79. The third-order valence-electron chi connectivity index (χ3n) is 4.23. The van der Waals surface area contributed by atoms with Gasteiger partial charge in [-0.1, -0.05) is 36.4 Å². The maximum atomic E-state index is 12.3. The number of aromatic amines is 1. The predicted molar refractivity (Wildman–Crippen MR) is 103 cm³/mol. The van der Waals surface area contributed by atoms with Crippen LogP contribution in [0.4, 0.5) is 5.69 Å². The van der Waals surface area contributed by atoms with Crippen LogP contribution >= 0.6 is 0 Å². The molecule has 0 unspecified atom stereocenters. The highest BCUT2D eigenvalue weighted by Crippen LogP contribution is 2.20. The number of hydrogen-bond donors (Lipinski definition) is 3. The van der Waals surface area contributed by atoms with E-state index in [2.05, 4.69) is 20.8 Å². The molecule has 25 heavy (non-hydrogen) atoms. The van der Waals surface area contributed by atoms with Gasteiger partial charge in [0, 0.05) is 28.4 Å². The van der Waals surface area contributed by atoms with Gasteiger partial charge >= 0.3 is 0 Å². The number of carbonyl (C=O) groups is 1. The Labute approximate surface area is 147 Å². The minimum Gasteiger partial charge on any atom is -0.373 e. The van der Waals surface area contributed by atoms with Gasteiger partial charge in [-0.2, -0.15) is 5.10 Å². The number of rotatable bonds is 5. The van der Waals surface area contributed by atoms with Gasteiger partial charge in [0.2, 0.25) is 0 Å². The van der Waals surface area contributed by atoms with E-state index in [0.717, 1.165) is 33.3 Å². The van der Waals surface area contributed by atoms with E-state index in [0.29, 0.717) is 0 Å². The summed E-state index contributed by atoms with van der Waals surface area (Å²) in [5.74, 6) is -0.182. The number of aromatic nitrogens is 1. The Kier molecular flexibility index (Phi) is 4.84. The van der Waals surface area contributed by atoms with E-state index in [-0.39, 0.29) is 11.9 Å². The molecule has 5 heteroatoms. The molecule has 3 N–H and O–H groups in total. The number of nitrogens with one attached hydrogen (secondary N) is 3. The molecule has 0 aliphatic rings. The van der Waals surface area contributed by atoms with Gasteiger partial charge in [-0.25, -0.2) is 5.43 Å². The Morgan fingerprint density at radius 3 is 2.60 bits per heavy atom. The average molecular weight is 334 g/mol. The predicted octanol–water partition coefficient (Wildman–Crippen LogP) is 3.74. The van der Waals surface area contributed by atoms with Crippen LogP contribution in [0.1, 0.15) is 23.6 Å². The van der Waals surface area contributed by atoms with E-state index < -0.39 is 0 Å². The summed E-state index contributed by atoms with van der Waals surface area (Å²) in [7, 11) is 0. The third-order valence-corrected chi connectivity index (χ3v) is 4.23. The molecule has 1 amide bonds. The topological polar surface area (TPSA) is 69.3 Å². The van der Waals surface area contributed by atoms with Crippen LogP contribution in [0, 0.1) is 13.8 Å². The normalized spacial score (nSPS) is 12.4. The molecule has 0 spiro atoms. The highest BCUT2D eigenvalue weighted by molar-refractivity contribution is 5.99. The zero-order chi connectivity index (χ0) is 17.8. The van der Waals surface area contributed by atoms with E-state index in [1.165, 1.54) is 0 Å². The van der Waals surface area contributed by atoms with Crippen LogP contribution in [-0.2, 0) is 4.79 Å². The highest BCUT2D eigenvalue weighted by Gasteiger charge is 2.14. The third kappa shape index (κ3) is 3.71. The number of aryl methyl sites for hydroxylation is 2. The number of benzene rings is 2. The van der Waals surface area contributed by atoms with Gasteiger partial charge in [-0.05, 0) is 38.0 Å². The molecule has 128 valence electrons. The van der Waals surface area contributed by atoms with Crippen molar-refractivity contribution in [3.63, 3.8) is 0 Å². The van der Waals surface area contributed by atoms with Crippen LogP contribution in [0.2, 0.25) is 0 Å². The number of nitrogens with zero attached hydrogens (tertiary/aromatic N) is 1. The fourth-order valence-corrected chi connectivity index (χ4v) is 2.79. The number of anilines is 1. The first-order valence-corrected chi connectivity index (χ1v) is 8.28. The fraction of sp³-hybridized carbons (Fsp3) is 0.200. The number of hydrazone groups is 1. The van der Waals surface area contributed by atoms with E-state index in [4.69, 9.17) is 0 Å². The molecule has 0 fully saturated rings. The average Bonchev–Trinajstić information content (AvgIpc) is 3.01. The molecular weight excluding hydrogens is 312 g/mol. The second-order valence-corrected chi connectivity index (χ2v) is 6.16. The van der Waals surface area contributed by atoms with Crippen molar-refractivity contribution in [2.45, 2.75) is 26.8 Å². The van der Waals surface area contributed by atoms with Gasteiger partial charge < -0.3 is 10.3 Å². The summed E-state index contributed by atoms with van der Waals surface area (Å²) in [4.78, 5) is 15.4. The Morgan fingerprint density at radius 2 is 1.84 bits per heavy atom. The summed E-state index contributed by atoms with van der Waals surface area (Å²) in [5.41, 5.74) is 7.79. The second kappa shape index (κ2) is 7.21. The van der Waals surface area contributed by atoms with E-state index in [1.807, 2.05) is 69.4 Å². The van der Waals surface area contributed by atoms with E-state index in [9.17, 15) is 4.79 Å². The number of carbonyl (C=O) groups excluding carboxylic acids is 1. The number of amides is 1. The maximum Gasteiger partial charge on any atom is 0.262 e. The molecule has 1 heterocycles. The van der Waals surface area contributed by atoms with E-state index >= 15 is 0 Å². The molecule has 0 saturated carbocycles. The number of H-pyrrole nitrogens is 1. The Hall–Kier alpha value is -3.08. The van der Waals surface area contributed by atoms with Crippen molar-refractivity contribution < 1.29 is 4.79 Å². The second-order valence-electron chi connectivity index (χ2n) is 6.16. The Morgan fingerprint density at radius 1 is 1.12 bits per heavy atom. The van der Waals surface area contributed by atoms with Gasteiger partial charge in [-0.3, -0.25) is 4.79 Å². The van der Waals surface area contributed by atoms with E-state index in [1.54, 1.807) is 6.21 Å². The molecule has 0 radical (unpaired) electrons. The van der Waals surface area contributed by atoms with Gasteiger partial charge in [0.1, 0.15) is 6.04 Å². The molecular formula is C20H22N4O. The summed E-state index contributed by atoms with van der Waals surface area (Å²) in [6.07, 6.45) is 3.53. The van der Waals surface area contributed by atoms with Crippen molar-refractivity contribution in [3.8, 4) is 0 Å². The van der Waals surface area contributed by atoms with Gasteiger partial charge in [0.05, 0.1) is 6.21 Å². The molecule has 0 aliphatic carbocycles. The number of para-hydroxylation sites is 2. The van der Waals surface area contributed by atoms with Crippen molar-refractivity contribution in [2.75, 3.05) is 5.32 Å². The van der Waals surface area contributed by atoms with Crippen molar-refractivity contribution in [1.29, 1.82) is 0 Å². The van der Waals surface area contributed by atoms with Gasteiger partial charge in [0.25, 0.3) is 5.91 Å². The molecule has 3 rings (SSSR count). The van der Waals surface area contributed by atoms with Crippen LogP contribution in [0.25, 0.3) is 10.9 Å². The van der Waals surface area contributed by atoms with Crippen molar-refractivity contribution >= 4 is 28.7 Å². The van der Waals surface area contributed by atoms with Crippen molar-refractivity contribution in [2.24, 2.45) is 5.10 Å². The first-order chi connectivity index (χ1) is 12.1. The number of hydrogen-bond acceptors (Lipinski definition) is 3. The lowest BCUT2D eigenvalue weighted by atomic mass is 10.1. The lowest BCUT2D eigenvalue weighted by Crippen LogP contribution is -2.35. The molecule has 1 aromatic heterocycles. The van der Waals surface area contributed by atoms with Crippen molar-refractivity contribution in [1.82, 2.24) is 10.4 Å². The quantitative estimate of drug-likeness (QED) is 0.491. The van der Waals surface area contributed by atoms with Crippen LogP contribution in [0.15, 0.2) is 53.8 Å². The smallest absolute Gasteiger partial charge is 0.262 e. The monoisotopic (exact) mass is 334 g/mol. The molecule has 0 aliphatic heterocycles. The van der Waals surface area contributed by atoms with Crippen LogP contribution < -0.4 is 10.7 Å². The van der Waals surface area contributed by atoms with Gasteiger partial charge in [-0.15, -0.1) is 0 Å². The SMILES string of the molecule is Cc1cccc(C)c1N[C@H](C)C(=O)N/N=C\c1c[nH]c2ccccc12. The molecule has 0 bridgehead atoms. The summed E-state index contributed by atoms with van der Waals surface area (Å²) in [6.45, 7) is 5.87. The van der Waals surface area contributed by atoms with Crippen molar-refractivity contribution in [3.05, 3.63) is 65.4 Å². The summed E-state index contributed by atoms with van der Waals surface area (Å²) < 4.78 is 0. The van der Waals surface area contributed by atoms with Gasteiger partial charge in [0.15, 0.2) is 0 Å².